The average molecular weight is 371 g/mol. The lowest BCUT2D eigenvalue weighted by molar-refractivity contribution is -0.174. The molecule has 1 saturated heterocycles. The summed E-state index contributed by atoms with van der Waals surface area (Å²) in [4.78, 5) is 12.6. The minimum absolute atomic E-state index is 0.0508. The molecule has 1 fully saturated rings. The Labute approximate surface area is 148 Å². The number of carbonyl (C=O) groups is 1. The fraction of sp³-hybridized carbons (Fsp3) is 0.588. The van der Waals surface area contributed by atoms with Gasteiger partial charge >= 0.3 is 6.09 Å². The number of rotatable bonds is 4. The molecule has 0 saturated carbocycles. The number of morpholine rings is 1. The molecule has 1 heterocycles. The van der Waals surface area contributed by atoms with E-state index in [2.05, 4.69) is 0 Å². The van der Waals surface area contributed by atoms with Gasteiger partial charge in [-0.1, -0.05) is 38.5 Å². The first-order valence-corrected chi connectivity index (χ1v) is 9.46. The zero-order chi connectivity index (χ0) is 18.9. The third-order valence-corrected chi connectivity index (χ3v) is 5.86. The second kappa shape index (κ2) is 6.93. The van der Waals surface area contributed by atoms with Gasteiger partial charge in [0.05, 0.1) is 24.7 Å². The number of nitrogens with zero attached hydrogens (tertiary/aromatic N) is 1. The zero-order valence-electron chi connectivity index (χ0n) is 15.0. The molecule has 0 radical (unpaired) electrons. The van der Waals surface area contributed by atoms with Crippen LogP contribution in [0, 0.1) is 12.3 Å². The molecule has 7 nitrogen and oxygen atoms in total. The van der Waals surface area contributed by atoms with Crippen molar-refractivity contribution in [3.63, 3.8) is 0 Å². The molecule has 25 heavy (non-hydrogen) atoms. The normalized spacial score (nSPS) is 22.0. The molecule has 1 N–H and O–H groups in total. The zero-order valence-corrected chi connectivity index (χ0v) is 15.8. The van der Waals surface area contributed by atoms with E-state index in [0.717, 1.165) is 5.56 Å². The summed E-state index contributed by atoms with van der Waals surface area (Å²) in [6.45, 7) is 7.73. The van der Waals surface area contributed by atoms with Crippen molar-refractivity contribution in [2.75, 3.05) is 26.3 Å². The standard InChI is InChI=1S/C17H25NO6S/c1-13-5-7-14(8-6-13)25(21,22)24-12-17(16(2,3)4)11-18(15(19)20)9-10-23-17/h5-8H,9-12H2,1-4H3,(H,19,20)/t17-/m1/s1. The number of amides is 1. The Bertz CT molecular complexity index is 723. The Morgan fingerprint density at radius 1 is 1.32 bits per heavy atom. The first-order chi connectivity index (χ1) is 11.5. The van der Waals surface area contributed by atoms with Crippen LogP contribution in [0.2, 0.25) is 0 Å². The highest BCUT2D eigenvalue weighted by molar-refractivity contribution is 7.86. The third-order valence-electron chi connectivity index (χ3n) is 4.58. The SMILES string of the molecule is Cc1ccc(S(=O)(=O)OC[C@@]2(C(C)(C)C)CN(C(=O)O)CCO2)cc1. The predicted octanol–water partition coefficient (Wildman–Crippen LogP) is 2.50. The Balaban J connectivity index is 2.23. The number of aryl methyl sites for hydroxylation is 1. The van der Waals surface area contributed by atoms with Crippen molar-refractivity contribution >= 4 is 16.2 Å². The fourth-order valence-corrected chi connectivity index (χ4v) is 3.60. The van der Waals surface area contributed by atoms with E-state index in [-0.39, 0.29) is 31.2 Å². The average Bonchev–Trinajstić information content (AvgIpc) is 2.52. The summed E-state index contributed by atoms with van der Waals surface area (Å²) in [7, 11) is -3.96. The van der Waals surface area contributed by atoms with Crippen LogP contribution >= 0.6 is 0 Å². The van der Waals surface area contributed by atoms with Crippen molar-refractivity contribution in [3.05, 3.63) is 29.8 Å². The number of hydrogen-bond acceptors (Lipinski definition) is 5. The van der Waals surface area contributed by atoms with Gasteiger partial charge in [-0.05, 0) is 24.5 Å². The summed E-state index contributed by atoms with van der Waals surface area (Å²) in [5.74, 6) is 0. The highest BCUT2D eigenvalue weighted by Crippen LogP contribution is 2.37. The van der Waals surface area contributed by atoms with Crippen LogP contribution in [0.25, 0.3) is 0 Å². The molecular weight excluding hydrogens is 346 g/mol. The molecule has 0 bridgehead atoms. The van der Waals surface area contributed by atoms with Gasteiger partial charge in [-0.2, -0.15) is 8.42 Å². The van der Waals surface area contributed by atoms with Gasteiger partial charge in [-0.3, -0.25) is 4.18 Å². The maximum Gasteiger partial charge on any atom is 0.407 e. The molecule has 0 unspecified atom stereocenters. The van der Waals surface area contributed by atoms with Crippen LogP contribution in [-0.2, 0) is 19.0 Å². The van der Waals surface area contributed by atoms with Crippen molar-refractivity contribution in [1.29, 1.82) is 0 Å². The summed E-state index contributed by atoms with van der Waals surface area (Å²) < 4.78 is 36.1. The van der Waals surface area contributed by atoms with Crippen LogP contribution in [0.5, 0.6) is 0 Å². The van der Waals surface area contributed by atoms with Gasteiger partial charge in [-0.15, -0.1) is 0 Å². The quantitative estimate of drug-likeness (QED) is 0.818. The van der Waals surface area contributed by atoms with E-state index in [9.17, 15) is 18.3 Å². The lowest BCUT2D eigenvalue weighted by atomic mass is 9.75. The Hall–Kier alpha value is -1.64. The number of benzene rings is 1. The number of carboxylic acid groups (broad SMARTS) is 1. The van der Waals surface area contributed by atoms with E-state index in [1.807, 2.05) is 27.7 Å². The van der Waals surface area contributed by atoms with Gasteiger partial charge < -0.3 is 14.7 Å². The van der Waals surface area contributed by atoms with Crippen molar-refractivity contribution < 1.29 is 27.2 Å². The molecule has 1 aromatic rings. The predicted molar refractivity (Wildman–Crippen MR) is 92.1 cm³/mol. The van der Waals surface area contributed by atoms with Crippen molar-refractivity contribution in [2.24, 2.45) is 5.41 Å². The maximum atomic E-state index is 12.5. The summed E-state index contributed by atoms with van der Waals surface area (Å²) in [5.41, 5.74) is -0.636. The lowest BCUT2D eigenvalue weighted by Gasteiger charge is -2.49. The van der Waals surface area contributed by atoms with Gasteiger partial charge in [0.1, 0.15) is 5.60 Å². The van der Waals surface area contributed by atoms with E-state index in [0.29, 0.717) is 0 Å². The van der Waals surface area contributed by atoms with Gasteiger partial charge in [0.25, 0.3) is 10.1 Å². The molecule has 8 heteroatoms. The van der Waals surface area contributed by atoms with Gasteiger partial charge in [-0.25, -0.2) is 4.79 Å². The van der Waals surface area contributed by atoms with Crippen LogP contribution in [0.15, 0.2) is 29.2 Å². The summed E-state index contributed by atoms with van der Waals surface area (Å²) in [6.07, 6.45) is -1.06. The molecule has 140 valence electrons. The topological polar surface area (TPSA) is 93.1 Å². The first-order valence-electron chi connectivity index (χ1n) is 8.05. The van der Waals surface area contributed by atoms with Gasteiger partial charge in [0.2, 0.25) is 0 Å². The second-order valence-corrected chi connectivity index (χ2v) is 8.94. The number of ether oxygens (including phenoxy) is 1. The highest BCUT2D eigenvalue weighted by atomic mass is 32.2. The highest BCUT2D eigenvalue weighted by Gasteiger charge is 2.48. The van der Waals surface area contributed by atoms with Crippen LogP contribution in [-0.4, -0.2) is 56.4 Å². The largest absolute Gasteiger partial charge is 0.465 e. The summed E-state index contributed by atoms with van der Waals surface area (Å²) in [5, 5.41) is 9.28. The Kier molecular flexibility index (Phi) is 5.46. The molecular formula is C17H25NO6S. The van der Waals surface area contributed by atoms with E-state index < -0.39 is 27.2 Å². The van der Waals surface area contributed by atoms with E-state index in [1.54, 1.807) is 12.1 Å². The summed E-state index contributed by atoms with van der Waals surface area (Å²) in [6, 6.07) is 6.36. The lowest BCUT2D eigenvalue weighted by Crippen LogP contribution is -2.62. The number of hydrogen-bond donors (Lipinski definition) is 1. The van der Waals surface area contributed by atoms with Crippen molar-refractivity contribution in [3.8, 4) is 0 Å². The molecule has 0 aliphatic carbocycles. The minimum Gasteiger partial charge on any atom is -0.465 e. The molecule has 1 aliphatic rings. The maximum absolute atomic E-state index is 12.5. The third kappa shape index (κ3) is 4.31. The minimum atomic E-state index is -3.96. The molecule has 1 atom stereocenters. The van der Waals surface area contributed by atoms with Gasteiger partial charge in [0, 0.05) is 6.54 Å². The van der Waals surface area contributed by atoms with Crippen LogP contribution < -0.4 is 0 Å². The molecule has 1 aromatic carbocycles. The molecule has 1 aliphatic heterocycles. The van der Waals surface area contributed by atoms with E-state index in [1.165, 1.54) is 17.0 Å². The Morgan fingerprint density at radius 2 is 1.92 bits per heavy atom. The second-order valence-electron chi connectivity index (χ2n) is 7.33. The van der Waals surface area contributed by atoms with Crippen LogP contribution in [0.1, 0.15) is 26.3 Å². The van der Waals surface area contributed by atoms with Crippen molar-refractivity contribution in [2.45, 2.75) is 38.2 Å². The van der Waals surface area contributed by atoms with E-state index in [4.69, 9.17) is 8.92 Å². The smallest absolute Gasteiger partial charge is 0.407 e. The van der Waals surface area contributed by atoms with E-state index >= 15 is 0 Å². The monoisotopic (exact) mass is 371 g/mol. The van der Waals surface area contributed by atoms with Gasteiger partial charge in [0.15, 0.2) is 0 Å². The summed E-state index contributed by atoms with van der Waals surface area (Å²) >= 11 is 0. The molecule has 2 rings (SSSR count). The molecule has 0 aromatic heterocycles. The molecule has 0 spiro atoms. The first kappa shape index (κ1) is 19.7. The fourth-order valence-electron chi connectivity index (χ4n) is 2.65. The Morgan fingerprint density at radius 3 is 2.44 bits per heavy atom. The van der Waals surface area contributed by atoms with Crippen LogP contribution in [0.4, 0.5) is 4.79 Å². The molecule has 1 amide bonds. The van der Waals surface area contributed by atoms with Crippen LogP contribution in [0.3, 0.4) is 0 Å². The van der Waals surface area contributed by atoms with Crippen molar-refractivity contribution in [1.82, 2.24) is 4.90 Å².